The standard InChI is InChI=1S/C17H19N3O/c1-3-16(21-14-8-9-20-17(19)11-14)15-7-5-4-6-13(15)10-12(2)18/h3-9,11,18H,10H2,1-2H3,(H2,19,20). The number of nitrogens with two attached hydrogens (primary N) is 1. The van der Waals surface area contributed by atoms with Gasteiger partial charge in [-0.1, -0.05) is 24.3 Å². The van der Waals surface area contributed by atoms with Crippen molar-refractivity contribution < 1.29 is 4.74 Å². The average molecular weight is 281 g/mol. The van der Waals surface area contributed by atoms with Crippen LogP contribution < -0.4 is 10.5 Å². The van der Waals surface area contributed by atoms with E-state index in [4.69, 9.17) is 15.9 Å². The van der Waals surface area contributed by atoms with Crippen molar-refractivity contribution in [3.05, 3.63) is 59.8 Å². The fourth-order valence-electron chi connectivity index (χ4n) is 2.09. The Kier molecular flexibility index (Phi) is 4.72. The van der Waals surface area contributed by atoms with Crippen LogP contribution in [0.15, 0.2) is 48.7 Å². The molecule has 0 aliphatic heterocycles. The molecule has 0 unspecified atom stereocenters. The van der Waals surface area contributed by atoms with Gasteiger partial charge in [-0.05, 0) is 31.6 Å². The van der Waals surface area contributed by atoms with Gasteiger partial charge in [0.15, 0.2) is 0 Å². The quantitative estimate of drug-likeness (QED) is 0.648. The van der Waals surface area contributed by atoms with Crippen molar-refractivity contribution in [3.63, 3.8) is 0 Å². The molecule has 0 fully saturated rings. The maximum Gasteiger partial charge on any atom is 0.132 e. The first-order valence-corrected chi connectivity index (χ1v) is 6.78. The molecule has 2 aromatic rings. The second kappa shape index (κ2) is 6.70. The second-order valence-electron chi connectivity index (χ2n) is 4.79. The van der Waals surface area contributed by atoms with E-state index in [2.05, 4.69) is 4.98 Å². The molecular weight excluding hydrogens is 262 g/mol. The van der Waals surface area contributed by atoms with E-state index in [1.165, 1.54) is 0 Å². The lowest BCUT2D eigenvalue weighted by Crippen LogP contribution is -2.03. The number of nitrogens with one attached hydrogen (secondary N) is 1. The van der Waals surface area contributed by atoms with Crippen molar-refractivity contribution in [1.29, 1.82) is 5.41 Å². The van der Waals surface area contributed by atoms with Gasteiger partial charge in [-0.15, -0.1) is 0 Å². The molecule has 1 heterocycles. The van der Waals surface area contributed by atoms with Crippen molar-refractivity contribution in [1.82, 2.24) is 4.98 Å². The van der Waals surface area contributed by atoms with E-state index in [0.29, 0.717) is 23.7 Å². The molecule has 1 aromatic carbocycles. The summed E-state index contributed by atoms with van der Waals surface area (Å²) in [6, 6.07) is 11.4. The van der Waals surface area contributed by atoms with Gasteiger partial charge < -0.3 is 15.9 Å². The predicted molar refractivity (Wildman–Crippen MR) is 86.5 cm³/mol. The molecule has 108 valence electrons. The van der Waals surface area contributed by atoms with Crippen LogP contribution in [0.3, 0.4) is 0 Å². The minimum Gasteiger partial charge on any atom is -0.457 e. The van der Waals surface area contributed by atoms with Crippen molar-refractivity contribution >= 4 is 17.3 Å². The second-order valence-corrected chi connectivity index (χ2v) is 4.79. The fourth-order valence-corrected chi connectivity index (χ4v) is 2.09. The number of hydrogen-bond acceptors (Lipinski definition) is 4. The number of nitrogen functional groups attached to an aromatic ring is 1. The Balaban J connectivity index is 2.32. The van der Waals surface area contributed by atoms with Gasteiger partial charge >= 0.3 is 0 Å². The summed E-state index contributed by atoms with van der Waals surface area (Å²) >= 11 is 0. The van der Waals surface area contributed by atoms with Crippen LogP contribution in [-0.4, -0.2) is 10.7 Å². The van der Waals surface area contributed by atoms with Crippen LogP contribution in [0.1, 0.15) is 25.0 Å². The number of nitrogens with zero attached hydrogens (tertiary/aromatic N) is 1. The molecule has 0 radical (unpaired) electrons. The minimum absolute atomic E-state index is 0.423. The van der Waals surface area contributed by atoms with E-state index in [1.807, 2.05) is 37.3 Å². The highest BCUT2D eigenvalue weighted by Crippen LogP contribution is 2.24. The highest BCUT2D eigenvalue weighted by atomic mass is 16.5. The molecular formula is C17H19N3O. The Hall–Kier alpha value is -2.62. The lowest BCUT2D eigenvalue weighted by Gasteiger charge is -2.14. The molecule has 4 nitrogen and oxygen atoms in total. The summed E-state index contributed by atoms with van der Waals surface area (Å²) in [6.45, 7) is 3.73. The summed E-state index contributed by atoms with van der Waals surface area (Å²) in [6.07, 6.45) is 4.13. The van der Waals surface area contributed by atoms with Gasteiger partial charge in [0.1, 0.15) is 17.3 Å². The molecule has 0 saturated carbocycles. The number of ether oxygens (including phenoxy) is 1. The van der Waals surface area contributed by atoms with Crippen molar-refractivity contribution in [2.75, 3.05) is 5.73 Å². The first kappa shape index (κ1) is 14.8. The van der Waals surface area contributed by atoms with Gasteiger partial charge in [-0.2, -0.15) is 0 Å². The first-order valence-electron chi connectivity index (χ1n) is 6.78. The van der Waals surface area contributed by atoms with Gasteiger partial charge in [-0.3, -0.25) is 0 Å². The smallest absolute Gasteiger partial charge is 0.132 e. The maximum atomic E-state index is 7.69. The number of rotatable bonds is 5. The number of aromatic nitrogens is 1. The van der Waals surface area contributed by atoms with Crippen LogP contribution in [0.25, 0.3) is 5.76 Å². The Morgan fingerprint density at radius 2 is 2.10 bits per heavy atom. The Morgan fingerprint density at radius 1 is 1.33 bits per heavy atom. The number of pyridine rings is 1. The van der Waals surface area contributed by atoms with E-state index in [0.717, 1.165) is 16.9 Å². The van der Waals surface area contributed by atoms with Crippen LogP contribution in [0.5, 0.6) is 5.75 Å². The molecule has 0 bridgehead atoms. The van der Waals surface area contributed by atoms with Crippen molar-refractivity contribution in [3.8, 4) is 5.75 Å². The maximum absolute atomic E-state index is 7.69. The Labute approximate surface area is 124 Å². The number of allylic oxidation sites excluding steroid dienone is 1. The Morgan fingerprint density at radius 3 is 2.76 bits per heavy atom. The molecule has 0 aliphatic rings. The average Bonchev–Trinajstić information content (AvgIpc) is 2.45. The molecule has 0 amide bonds. The summed E-state index contributed by atoms with van der Waals surface area (Å²) in [7, 11) is 0. The van der Waals surface area contributed by atoms with E-state index in [9.17, 15) is 0 Å². The van der Waals surface area contributed by atoms with Crippen LogP contribution in [-0.2, 0) is 6.42 Å². The lowest BCUT2D eigenvalue weighted by molar-refractivity contribution is 0.513. The van der Waals surface area contributed by atoms with Gasteiger partial charge in [0, 0.05) is 30.0 Å². The molecule has 1 aromatic heterocycles. The molecule has 0 atom stereocenters. The third kappa shape index (κ3) is 3.92. The van der Waals surface area contributed by atoms with Gasteiger partial charge in [0.2, 0.25) is 0 Å². The minimum atomic E-state index is 0.423. The molecule has 21 heavy (non-hydrogen) atoms. The summed E-state index contributed by atoms with van der Waals surface area (Å²) < 4.78 is 5.92. The van der Waals surface area contributed by atoms with Crippen LogP contribution in [0.2, 0.25) is 0 Å². The van der Waals surface area contributed by atoms with Crippen molar-refractivity contribution in [2.24, 2.45) is 0 Å². The Bertz CT molecular complexity index is 677. The molecule has 0 aliphatic carbocycles. The zero-order valence-corrected chi connectivity index (χ0v) is 12.3. The zero-order valence-electron chi connectivity index (χ0n) is 12.3. The molecule has 4 heteroatoms. The number of hydrogen-bond donors (Lipinski definition) is 2. The zero-order chi connectivity index (χ0) is 15.2. The summed E-state index contributed by atoms with van der Waals surface area (Å²) in [5, 5.41) is 7.69. The lowest BCUT2D eigenvalue weighted by atomic mass is 10.0. The topological polar surface area (TPSA) is 72.0 Å². The van der Waals surface area contributed by atoms with Crippen LogP contribution in [0.4, 0.5) is 5.82 Å². The van der Waals surface area contributed by atoms with Crippen LogP contribution in [0, 0.1) is 5.41 Å². The van der Waals surface area contributed by atoms with E-state index >= 15 is 0 Å². The number of anilines is 1. The summed E-state index contributed by atoms with van der Waals surface area (Å²) in [4.78, 5) is 3.95. The molecule has 0 spiro atoms. The largest absolute Gasteiger partial charge is 0.457 e. The van der Waals surface area contributed by atoms with Crippen LogP contribution >= 0.6 is 0 Å². The third-order valence-corrected chi connectivity index (χ3v) is 2.98. The summed E-state index contributed by atoms with van der Waals surface area (Å²) in [5.41, 5.74) is 8.35. The number of benzene rings is 1. The molecule has 3 N–H and O–H groups in total. The van der Waals surface area contributed by atoms with E-state index in [1.54, 1.807) is 25.3 Å². The first-order chi connectivity index (χ1) is 10.1. The van der Waals surface area contributed by atoms with Gasteiger partial charge in [0.05, 0.1) is 0 Å². The van der Waals surface area contributed by atoms with Crippen molar-refractivity contribution in [2.45, 2.75) is 20.3 Å². The third-order valence-electron chi connectivity index (χ3n) is 2.98. The van der Waals surface area contributed by atoms with Gasteiger partial charge in [-0.25, -0.2) is 4.98 Å². The highest BCUT2D eigenvalue weighted by molar-refractivity contribution is 5.82. The summed E-state index contributed by atoms with van der Waals surface area (Å²) in [5.74, 6) is 1.82. The monoisotopic (exact) mass is 281 g/mol. The fraction of sp³-hybridized carbons (Fsp3) is 0.176. The highest BCUT2D eigenvalue weighted by Gasteiger charge is 2.10. The predicted octanol–water partition coefficient (Wildman–Crippen LogP) is 3.69. The molecule has 2 rings (SSSR count). The van der Waals surface area contributed by atoms with E-state index < -0.39 is 0 Å². The molecule has 0 saturated heterocycles. The normalized spacial score (nSPS) is 11.2. The van der Waals surface area contributed by atoms with E-state index in [-0.39, 0.29) is 0 Å². The van der Waals surface area contributed by atoms with Gasteiger partial charge in [0.25, 0.3) is 0 Å². The SMILES string of the molecule is CC=C(Oc1ccnc(N)c1)c1ccccc1CC(C)=N.